The molecular formula is C22H24N2O2. The highest BCUT2D eigenvalue weighted by Gasteiger charge is 2.27. The fraction of sp³-hybridized carbons (Fsp3) is 0.364. The highest BCUT2D eigenvalue weighted by Crippen LogP contribution is 2.26. The Bertz CT molecular complexity index is 690. The van der Waals surface area contributed by atoms with Crippen LogP contribution < -0.4 is 0 Å². The van der Waals surface area contributed by atoms with Gasteiger partial charge in [0.05, 0.1) is 38.4 Å². The predicted octanol–water partition coefficient (Wildman–Crippen LogP) is 3.05. The predicted molar refractivity (Wildman–Crippen MR) is 101 cm³/mol. The summed E-state index contributed by atoms with van der Waals surface area (Å²) < 4.78 is 11.3. The third kappa shape index (κ3) is 3.98. The second-order valence-corrected chi connectivity index (χ2v) is 6.70. The monoisotopic (exact) mass is 348 g/mol. The van der Waals surface area contributed by atoms with Crippen molar-refractivity contribution in [2.75, 3.05) is 39.8 Å². The maximum atomic E-state index is 5.66. The average molecular weight is 348 g/mol. The Hall–Kier alpha value is -2.16. The normalized spacial score (nSPS) is 23.7. The number of rotatable bonds is 4. The molecule has 2 saturated heterocycles. The first-order chi connectivity index (χ1) is 12.9. The molecule has 2 aliphatic rings. The van der Waals surface area contributed by atoms with Crippen LogP contribution >= 0.6 is 0 Å². The molecule has 4 nitrogen and oxygen atoms in total. The quantitative estimate of drug-likeness (QED) is 0.793. The van der Waals surface area contributed by atoms with Crippen LogP contribution in [0.4, 0.5) is 0 Å². The van der Waals surface area contributed by atoms with Crippen LogP contribution in [0.1, 0.15) is 23.2 Å². The third-order valence-electron chi connectivity index (χ3n) is 5.01. The molecule has 0 aromatic heterocycles. The summed E-state index contributed by atoms with van der Waals surface area (Å²) in [5.41, 5.74) is 2.59. The zero-order valence-corrected chi connectivity index (χ0v) is 14.9. The molecule has 2 fully saturated rings. The highest BCUT2D eigenvalue weighted by molar-refractivity contribution is 5.22. The van der Waals surface area contributed by atoms with Crippen LogP contribution in [0.15, 0.2) is 60.7 Å². The van der Waals surface area contributed by atoms with Gasteiger partial charge in [-0.25, -0.2) is 0 Å². The minimum Gasteiger partial charge on any atom is -0.364 e. The SMILES string of the molecule is C(#CCN1COCC1c1ccccc1)CN1COCC1c1ccccc1. The van der Waals surface area contributed by atoms with Gasteiger partial charge in [-0.05, 0) is 11.1 Å². The molecule has 2 atom stereocenters. The first-order valence-electron chi connectivity index (χ1n) is 9.11. The van der Waals surface area contributed by atoms with Crippen LogP contribution in [0.2, 0.25) is 0 Å². The van der Waals surface area contributed by atoms with Gasteiger partial charge in [0.2, 0.25) is 0 Å². The van der Waals surface area contributed by atoms with Gasteiger partial charge in [0, 0.05) is 0 Å². The Morgan fingerprint density at radius 1 is 0.692 bits per heavy atom. The maximum absolute atomic E-state index is 5.66. The van der Waals surface area contributed by atoms with E-state index in [-0.39, 0.29) is 0 Å². The first-order valence-corrected chi connectivity index (χ1v) is 9.11. The summed E-state index contributed by atoms with van der Waals surface area (Å²) in [6.07, 6.45) is 0. The van der Waals surface area contributed by atoms with E-state index in [1.165, 1.54) is 11.1 Å². The topological polar surface area (TPSA) is 24.9 Å². The molecule has 0 amide bonds. The van der Waals surface area contributed by atoms with Crippen molar-refractivity contribution in [1.82, 2.24) is 9.80 Å². The Morgan fingerprint density at radius 3 is 1.54 bits per heavy atom. The number of ether oxygens (including phenoxy) is 2. The largest absolute Gasteiger partial charge is 0.364 e. The molecule has 2 heterocycles. The second-order valence-electron chi connectivity index (χ2n) is 6.70. The summed E-state index contributed by atoms with van der Waals surface area (Å²) in [7, 11) is 0. The number of hydrogen-bond donors (Lipinski definition) is 0. The smallest absolute Gasteiger partial charge is 0.100 e. The molecule has 0 saturated carbocycles. The van der Waals surface area contributed by atoms with Gasteiger partial charge in [0.25, 0.3) is 0 Å². The van der Waals surface area contributed by atoms with E-state index >= 15 is 0 Å². The first kappa shape index (κ1) is 17.3. The van der Waals surface area contributed by atoms with E-state index in [0.29, 0.717) is 25.5 Å². The van der Waals surface area contributed by atoms with E-state index < -0.39 is 0 Å². The zero-order chi connectivity index (χ0) is 17.6. The lowest BCUT2D eigenvalue weighted by molar-refractivity contribution is 0.145. The van der Waals surface area contributed by atoms with Gasteiger partial charge >= 0.3 is 0 Å². The van der Waals surface area contributed by atoms with Crippen molar-refractivity contribution in [2.24, 2.45) is 0 Å². The standard InChI is InChI=1S/C22H24N2O2/c1-3-9-19(10-4-1)21-15-25-17-23(21)13-7-8-14-24-18-26-16-22(24)20-11-5-2-6-12-20/h1-6,9-12,21-22H,13-18H2. The van der Waals surface area contributed by atoms with Crippen molar-refractivity contribution >= 4 is 0 Å². The lowest BCUT2D eigenvalue weighted by atomic mass is 10.1. The van der Waals surface area contributed by atoms with E-state index in [9.17, 15) is 0 Å². The van der Waals surface area contributed by atoms with Gasteiger partial charge in [0.15, 0.2) is 0 Å². The molecule has 0 N–H and O–H groups in total. The van der Waals surface area contributed by atoms with Gasteiger partial charge in [-0.2, -0.15) is 0 Å². The van der Waals surface area contributed by atoms with Gasteiger partial charge < -0.3 is 9.47 Å². The van der Waals surface area contributed by atoms with Gasteiger partial charge in [-0.1, -0.05) is 72.5 Å². The lowest BCUT2D eigenvalue weighted by Gasteiger charge is -2.21. The molecular weight excluding hydrogens is 324 g/mol. The van der Waals surface area contributed by atoms with Crippen LogP contribution in [0.5, 0.6) is 0 Å². The van der Waals surface area contributed by atoms with Gasteiger partial charge in [-0.3, -0.25) is 9.80 Å². The van der Waals surface area contributed by atoms with Gasteiger partial charge in [-0.15, -0.1) is 0 Å². The molecule has 0 aliphatic carbocycles. The summed E-state index contributed by atoms with van der Waals surface area (Å²) >= 11 is 0. The van der Waals surface area contributed by atoms with Crippen molar-refractivity contribution in [3.63, 3.8) is 0 Å². The summed E-state index contributed by atoms with van der Waals surface area (Å²) in [6.45, 7) is 4.22. The third-order valence-corrected chi connectivity index (χ3v) is 5.01. The van der Waals surface area contributed by atoms with E-state index in [0.717, 1.165) is 26.3 Å². The molecule has 2 aromatic carbocycles. The molecule has 2 unspecified atom stereocenters. The fourth-order valence-corrected chi connectivity index (χ4v) is 3.54. The van der Waals surface area contributed by atoms with Crippen LogP contribution in [0.3, 0.4) is 0 Å². The molecule has 4 rings (SSSR count). The molecule has 26 heavy (non-hydrogen) atoms. The van der Waals surface area contributed by atoms with E-state index in [4.69, 9.17) is 9.47 Å². The van der Waals surface area contributed by atoms with Gasteiger partial charge in [0.1, 0.15) is 13.5 Å². The summed E-state index contributed by atoms with van der Waals surface area (Å²) in [6, 6.07) is 21.6. The van der Waals surface area contributed by atoms with Crippen molar-refractivity contribution in [1.29, 1.82) is 0 Å². The van der Waals surface area contributed by atoms with Crippen LogP contribution in [0.25, 0.3) is 0 Å². The summed E-state index contributed by atoms with van der Waals surface area (Å²) in [5.74, 6) is 6.65. The molecule has 134 valence electrons. The molecule has 4 heteroatoms. The Labute approximate surface area is 155 Å². The number of nitrogens with zero attached hydrogens (tertiary/aromatic N) is 2. The van der Waals surface area contributed by atoms with Crippen LogP contribution in [-0.2, 0) is 9.47 Å². The van der Waals surface area contributed by atoms with E-state index in [1.807, 2.05) is 12.1 Å². The molecule has 2 aliphatic heterocycles. The summed E-state index contributed by atoms with van der Waals surface area (Å²) in [5, 5.41) is 0. The Morgan fingerprint density at radius 2 is 1.12 bits per heavy atom. The van der Waals surface area contributed by atoms with E-state index in [2.05, 4.69) is 70.2 Å². The molecule has 0 bridgehead atoms. The number of benzene rings is 2. The minimum absolute atomic E-state index is 0.303. The summed E-state index contributed by atoms with van der Waals surface area (Å²) in [4.78, 5) is 4.58. The Balaban J connectivity index is 1.34. The number of hydrogen-bond acceptors (Lipinski definition) is 4. The average Bonchev–Trinajstić information content (AvgIpc) is 3.36. The van der Waals surface area contributed by atoms with Crippen molar-refractivity contribution < 1.29 is 9.47 Å². The fourth-order valence-electron chi connectivity index (χ4n) is 3.54. The maximum Gasteiger partial charge on any atom is 0.100 e. The van der Waals surface area contributed by atoms with Crippen molar-refractivity contribution in [3.8, 4) is 11.8 Å². The minimum atomic E-state index is 0.303. The van der Waals surface area contributed by atoms with Crippen molar-refractivity contribution in [2.45, 2.75) is 12.1 Å². The highest BCUT2D eigenvalue weighted by atomic mass is 16.5. The van der Waals surface area contributed by atoms with E-state index in [1.54, 1.807) is 0 Å². The Kier molecular flexibility index (Phi) is 5.63. The molecule has 0 spiro atoms. The second kappa shape index (κ2) is 8.48. The van der Waals surface area contributed by atoms with Crippen LogP contribution in [-0.4, -0.2) is 49.6 Å². The van der Waals surface area contributed by atoms with Crippen molar-refractivity contribution in [3.05, 3.63) is 71.8 Å². The molecule has 2 aromatic rings. The molecule has 0 radical (unpaired) electrons. The van der Waals surface area contributed by atoms with Crippen LogP contribution in [0, 0.1) is 11.8 Å². The lowest BCUT2D eigenvalue weighted by Crippen LogP contribution is -2.26. The zero-order valence-electron chi connectivity index (χ0n) is 14.9.